The van der Waals surface area contributed by atoms with Crippen LogP contribution < -0.4 is 5.48 Å². The Balaban J connectivity index is 1.82. The zero-order valence-electron chi connectivity index (χ0n) is 8.95. The summed E-state index contributed by atoms with van der Waals surface area (Å²) in [5, 5.41) is 8.67. The first kappa shape index (κ1) is 10.5. The summed E-state index contributed by atoms with van der Waals surface area (Å²) >= 11 is 0. The quantitative estimate of drug-likeness (QED) is 0.741. The SMILES string of the molecule is ONc1ccc(CCN2CCCC2)cc1. The van der Waals surface area contributed by atoms with Crippen molar-refractivity contribution < 1.29 is 5.21 Å². The van der Waals surface area contributed by atoms with Gasteiger partial charge in [-0.2, -0.15) is 0 Å². The van der Waals surface area contributed by atoms with Gasteiger partial charge in [0.15, 0.2) is 0 Å². The van der Waals surface area contributed by atoms with Gasteiger partial charge < -0.3 is 4.90 Å². The Bertz CT molecular complexity index is 291. The van der Waals surface area contributed by atoms with Gasteiger partial charge >= 0.3 is 0 Å². The van der Waals surface area contributed by atoms with E-state index in [-0.39, 0.29) is 0 Å². The lowest BCUT2D eigenvalue weighted by molar-refractivity contribution is 0.343. The van der Waals surface area contributed by atoms with Crippen LogP contribution in [-0.4, -0.2) is 29.7 Å². The molecule has 1 aliphatic rings. The molecule has 2 N–H and O–H groups in total. The van der Waals surface area contributed by atoms with E-state index in [4.69, 9.17) is 5.21 Å². The second-order valence-electron chi connectivity index (χ2n) is 4.11. The van der Waals surface area contributed by atoms with Crippen LogP contribution in [0, 0.1) is 0 Å². The van der Waals surface area contributed by atoms with Gasteiger partial charge in [0.2, 0.25) is 0 Å². The maximum Gasteiger partial charge on any atom is 0.0602 e. The molecular weight excluding hydrogens is 188 g/mol. The van der Waals surface area contributed by atoms with Gasteiger partial charge in [-0.15, -0.1) is 0 Å². The molecule has 0 spiro atoms. The van der Waals surface area contributed by atoms with Crippen LogP contribution in [0.1, 0.15) is 18.4 Å². The van der Waals surface area contributed by atoms with Crippen LogP contribution in [0.15, 0.2) is 24.3 Å². The minimum absolute atomic E-state index is 0.750. The monoisotopic (exact) mass is 206 g/mol. The molecule has 0 aromatic heterocycles. The summed E-state index contributed by atoms with van der Waals surface area (Å²) < 4.78 is 0. The van der Waals surface area contributed by atoms with Crippen molar-refractivity contribution in [1.82, 2.24) is 4.90 Å². The summed E-state index contributed by atoms with van der Waals surface area (Å²) in [6.45, 7) is 3.68. The molecule has 1 saturated heterocycles. The summed E-state index contributed by atoms with van der Waals surface area (Å²) in [6, 6.07) is 7.93. The Hall–Kier alpha value is -1.06. The van der Waals surface area contributed by atoms with Crippen LogP contribution in [-0.2, 0) is 6.42 Å². The second-order valence-corrected chi connectivity index (χ2v) is 4.11. The van der Waals surface area contributed by atoms with Crippen molar-refractivity contribution in [2.45, 2.75) is 19.3 Å². The Morgan fingerprint density at radius 1 is 1.13 bits per heavy atom. The summed E-state index contributed by atoms with van der Waals surface area (Å²) in [5.41, 5.74) is 4.23. The lowest BCUT2D eigenvalue weighted by Crippen LogP contribution is -2.21. The molecule has 0 saturated carbocycles. The van der Waals surface area contributed by atoms with Crippen LogP contribution in [0.25, 0.3) is 0 Å². The third kappa shape index (κ3) is 2.94. The van der Waals surface area contributed by atoms with Crippen molar-refractivity contribution in [2.75, 3.05) is 25.1 Å². The Morgan fingerprint density at radius 2 is 1.80 bits per heavy atom. The molecule has 1 aromatic carbocycles. The first-order valence-electron chi connectivity index (χ1n) is 5.60. The van der Waals surface area contributed by atoms with Gasteiger partial charge in [0.1, 0.15) is 0 Å². The molecule has 2 rings (SSSR count). The number of anilines is 1. The number of benzene rings is 1. The van der Waals surface area contributed by atoms with Gasteiger partial charge in [-0.1, -0.05) is 12.1 Å². The Morgan fingerprint density at radius 3 is 2.40 bits per heavy atom. The van der Waals surface area contributed by atoms with E-state index in [1.807, 2.05) is 12.1 Å². The van der Waals surface area contributed by atoms with Gasteiger partial charge in [0.05, 0.1) is 5.69 Å². The average molecular weight is 206 g/mol. The van der Waals surface area contributed by atoms with Crippen LogP contribution in [0.2, 0.25) is 0 Å². The Labute approximate surface area is 90.7 Å². The minimum Gasteiger partial charge on any atom is -0.303 e. The summed E-state index contributed by atoms with van der Waals surface area (Å²) in [7, 11) is 0. The summed E-state index contributed by atoms with van der Waals surface area (Å²) in [5.74, 6) is 0. The lowest BCUT2D eigenvalue weighted by atomic mass is 10.1. The fraction of sp³-hybridized carbons (Fsp3) is 0.500. The van der Waals surface area contributed by atoms with E-state index in [2.05, 4.69) is 22.5 Å². The molecule has 0 aliphatic carbocycles. The highest BCUT2D eigenvalue weighted by Gasteiger charge is 2.10. The van der Waals surface area contributed by atoms with E-state index in [9.17, 15) is 0 Å². The third-order valence-electron chi connectivity index (χ3n) is 3.00. The topological polar surface area (TPSA) is 35.5 Å². The van der Waals surface area contributed by atoms with E-state index in [1.54, 1.807) is 0 Å². The largest absolute Gasteiger partial charge is 0.303 e. The maximum absolute atomic E-state index is 8.67. The van der Waals surface area contributed by atoms with E-state index < -0.39 is 0 Å². The molecule has 82 valence electrons. The highest BCUT2D eigenvalue weighted by Crippen LogP contribution is 2.11. The normalized spacial score (nSPS) is 16.9. The molecule has 1 heterocycles. The highest BCUT2D eigenvalue weighted by molar-refractivity contribution is 5.42. The van der Waals surface area contributed by atoms with Gasteiger partial charge in [-0.25, -0.2) is 0 Å². The first-order valence-corrected chi connectivity index (χ1v) is 5.60. The highest BCUT2D eigenvalue weighted by atomic mass is 16.5. The number of rotatable bonds is 4. The molecule has 0 atom stereocenters. The minimum atomic E-state index is 0.750. The molecule has 1 fully saturated rings. The first-order chi connectivity index (χ1) is 7.38. The molecule has 3 nitrogen and oxygen atoms in total. The maximum atomic E-state index is 8.67. The van der Waals surface area contributed by atoms with E-state index in [1.165, 1.54) is 31.5 Å². The number of nitrogens with zero attached hydrogens (tertiary/aromatic N) is 1. The number of nitrogens with one attached hydrogen (secondary N) is 1. The van der Waals surface area contributed by atoms with Gasteiger partial charge in [-0.3, -0.25) is 10.7 Å². The van der Waals surface area contributed by atoms with Gasteiger partial charge in [0.25, 0.3) is 0 Å². The van der Waals surface area contributed by atoms with Crippen LogP contribution >= 0.6 is 0 Å². The fourth-order valence-corrected chi connectivity index (χ4v) is 2.04. The zero-order chi connectivity index (χ0) is 10.5. The fourth-order valence-electron chi connectivity index (χ4n) is 2.04. The molecule has 0 unspecified atom stereocenters. The van der Waals surface area contributed by atoms with Crippen LogP contribution in [0.3, 0.4) is 0 Å². The molecule has 1 aromatic rings. The molecule has 1 aliphatic heterocycles. The molecule has 3 heteroatoms. The second kappa shape index (κ2) is 5.14. The number of likely N-dealkylation sites (tertiary alicyclic amines) is 1. The lowest BCUT2D eigenvalue weighted by Gasteiger charge is -2.14. The molecule has 0 bridgehead atoms. The molecular formula is C12H18N2O. The Kier molecular flexibility index (Phi) is 3.59. The van der Waals surface area contributed by atoms with Crippen molar-refractivity contribution in [3.63, 3.8) is 0 Å². The average Bonchev–Trinajstić information content (AvgIpc) is 2.80. The molecule has 0 radical (unpaired) electrons. The number of hydrogen-bond donors (Lipinski definition) is 2. The standard InChI is InChI=1S/C12H18N2O/c15-13-12-5-3-11(4-6-12)7-10-14-8-1-2-9-14/h3-6,13,15H,1-2,7-10H2. The van der Waals surface area contributed by atoms with Crippen molar-refractivity contribution in [1.29, 1.82) is 0 Å². The molecule has 0 amide bonds. The van der Waals surface area contributed by atoms with Gasteiger partial charge in [-0.05, 0) is 50.0 Å². The van der Waals surface area contributed by atoms with Crippen LogP contribution in [0.4, 0.5) is 5.69 Å². The number of hydrogen-bond acceptors (Lipinski definition) is 3. The predicted octanol–water partition coefficient (Wildman–Crippen LogP) is 2.13. The molecule has 15 heavy (non-hydrogen) atoms. The van der Waals surface area contributed by atoms with E-state index >= 15 is 0 Å². The summed E-state index contributed by atoms with van der Waals surface area (Å²) in [4.78, 5) is 2.51. The van der Waals surface area contributed by atoms with E-state index in [0.717, 1.165) is 18.7 Å². The van der Waals surface area contributed by atoms with E-state index in [0.29, 0.717) is 0 Å². The van der Waals surface area contributed by atoms with Crippen molar-refractivity contribution in [3.05, 3.63) is 29.8 Å². The smallest absolute Gasteiger partial charge is 0.0602 e. The van der Waals surface area contributed by atoms with Crippen molar-refractivity contribution >= 4 is 5.69 Å². The van der Waals surface area contributed by atoms with Crippen molar-refractivity contribution in [2.24, 2.45) is 0 Å². The third-order valence-corrected chi connectivity index (χ3v) is 3.00. The summed E-state index contributed by atoms with van der Waals surface area (Å²) in [6.07, 6.45) is 3.81. The van der Waals surface area contributed by atoms with Crippen molar-refractivity contribution in [3.8, 4) is 0 Å². The van der Waals surface area contributed by atoms with Crippen LogP contribution in [0.5, 0.6) is 0 Å². The zero-order valence-corrected chi connectivity index (χ0v) is 8.95. The van der Waals surface area contributed by atoms with Gasteiger partial charge in [0, 0.05) is 6.54 Å². The predicted molar refractivity (Wildman–Crippen MR) is 61.2 cm³/mol.